The molecule has 1 aliphatic carbocycles. The second-order valence-electron chi connectivity index (χ2n) is 14.6. The zero-order valence-corrected chi connectivity index (χ0v) is 28.5. The van der Waals surface area contributed by atoms with Gasteiger partial charge in [0, 0.05) is 43.3 Å². The SMILES string of the molecule is Nc1nnc(-c2ccccc2O)cc1-n1cc(N2C[C@@H]3COC[C@@H](C2)N3[C@H]2CC[C@H](c3cccc4c3CCN4C3CCC(=O)NC3=O)CC2)cn1. The highest BCUT2D eigenvalue weighted by Gasteiger charge is 2.44. The highest BCUT2D eigenvalue weighted by Crippen LogP contribution is 2.43. The minimum absolute atomic E-state index is 0.130. The maximum absolute atomic E-state index is 12.7. The summed E-state index contributed by atoms with van der Waals surface area (Å²) < 4.78 is 7.86. The Morgan fingerprint density at radius 2 is 1.69 bits per heavy atom. The highest BCUT2D eigenvalue weighted by molar-refractivity contribution is 6.02. The number of hydrogen-bond donors (Lipinski definition) is 3. The van der Waals surface area contributed by atoms with Crippen LogP contribution >= 0.6 is 0 Å². The first kappa shape index (κ1) is 31.9. The lowest BCUT2D eigenvalue weighted by atomic mass is 9.78. The summed E-state index contributed by atoms with van der Waals surface area (Å²) in [5.74, 6) is 0.582. The van der Waals surface area contributed by atoms with Crippen molar-refractivity contribution in [3.8, 4) is 22.7 Å². The van der Waals surface area contributed by atoms with Crippen molar-refractivity contribution in [1.29, 1.82) is 0 Å². The molecule has 264 valence electrons. The molecule has 2 aromatic carbocycles. The molecule has 51 heavy (non-hydrogen) atoms. The van der Waals surface area contributed by atoms with Crippen molar-refractivity contribution in [2.45, 2.75) is 75.0 Å². The van der Waals surface area contributed by atoms with Crippen LogP contribution in [0, 0.1) is 0 Å². The zero-order valence-electron chi connectivity index (χ0n) is 28.5. The Morgan fingerprint density at radius 1 is 0.882 bits per heavy atom. The fourth-order valence-electron chi connectivity index (χ4n) is 9.36. The largest absolute Gasteiger partial charge is 0.507 e. The van der Waals surface area contributed by atoms with Gasteiger partial charge in [0.05, 0.1) is 49.1 Å². The Kier molecular flexibility index (Phi) is 8.11. The molecule has 2 bridgehead atoms. The number of piperidine rings is 1. The predicted molar refractivity (Wildman–Crippen MR) is 192 cm³/mol. The van der Waals surface area contributed by atoms with E-state index < -0.39 is 0 Å². The van der Waals surface area contributed by atoms with Gasteiger partial charge in [-0.1, -0.05) is 24.3 Å². The first-order chi connectivity index (χ1) is 24.9. The van der Waals surface area contributed by atoms with Crippen molar-refractivity contribution in [2.75, 3.05) is 48.4 Å². The topological polar surface area (TPSA) is 155 Å². The molecule has 4 fully saturated rings. The number of piperazine rings is 1. The fraction of sp³-hybridized carbons (Fsp3) is 0.447. The monoisotopic (exact) mass is 689 g/mol. The number of nitrogen functional groups attached to an aromatic ring is 1. The number of nitrogens with two attached hydrogens (primary N) is 1. The third-order valence-corrected chi connectivity index (χ3v) is 11.7. The van der Waals surface area contributed by atoms with Gasteiger partial charge in [0.1, 0.15) is 17.5 Å². The van der Waals surface area contributed by atoms with E-state index in [2.05, 4.69) is 53.5 Å². The number of nitrogens with zero attached hydrogens (tertiary/aromatic N) is 7. The van der Waals surface area contributed by atoms with Gasteiger partial charge in [-0.25, -0.2) is 4.68 Å². The molecule has 4 aliphatic heterocycles. The molecule has 4 N–H and O–H groups in total. The second-order valence-corrected chi connectivity index (χ2v) is 14.6. The van der Waals surface area contributed by atoms with Crippen LogP contribution in [0.25, 0.3) is 16.9 Å². The normalized spacial score (nSPS) is 26.6. The Balaban J connectivity index is 0.869. The maximum atomic E-state index is 12.7. The van der Waals surface area contributed by atoms with Crippen molar-refractivity contribution in [3.63, 3.8) is 0 Å². The third-order valence-electron chi connectivity index (χ3n) is 11.7. The molecule has 1 unspecified atom stereocenters. The van der Waals surface area contributed by atoms with E-state index in [1.807, 2.05) is 24.5 Å². The maximum Gasteiger partial charge on any atom is 0.249 e. The number of phenolic OH excluding ortho intramolecular Hbond substituents is 1. The summed E-state index contributed by atoms with van der Waals surface area (Å²) in [6.07, 6.45) is 10.4. The quantitative estimate of drug-likeness (QED) is 0.255. The van der Waals surface area contributed by atoms with E-state index in [9.17, 15) is 14.7 Å². The Morgan fingerprint density at radius 3 is 2.47 bits per heavy atom. The zero-order chi connectivity index (χ0) is 34.6. The summed E-state index contributed by atoms with van der Waals surface area (Å²) in [6, 6.07) is 16.3. The molecule has 4 aromatic rings. The van der Waals surface area contributed by atoms with E-state index in [4.69, 9.17) is 10.5 Å². The summed E-state index contributed by atoms with van der Waals surface area (Å²) in [7, 11) is 0. The van der Waals surface area contributed by atoms with Gasteiger partial charge in [-0.05, 0) is 79.8 Å². The van der Waals surface area contributed by atoms with Gasteiger partial charge < -0.3 is 25.4 Å². The molecule has 3 saturated heterocycles. The number of ether oxygens (including phenoxy) is 1. The first-order valence-electron chi connectivity index (χ1n) is 18.2. The number of nitrogens with one attached hydrogen (secondary N) is 1. The van der Waals surface area contributed by atoms with E-state index in [0.717, 1.165) is 57.4 Å². The van der Waals surface area contributed by atoms with Crippen LogP contribution in [0.3, 0.4) is 0 Å². The summed E-state index contributed by atoms with van der Waals surface area (Å²) >= 11 is 0. The molecular formula is C38H43N9O4. The summed E-state index contributed by atoms with van der Waals surface area (Å²) in [5, 5.41) is 25.9. The Bertz CT molecular complexity index is 1960. The minimum Gasteiger partial charge on any atom is -0.507 e. The molecule has 1 saturated carbocycles. The number of amides is 2. The van der Waals surface area contributed by atoms with Crippen molar-refractivity contribution >= 4 is 29.0 Å². The van der Waals surface area contributed by atoms with E-state index in [-0.39, 0.29) is 29.4 Å². The van der Waals surface area contributed by atoms with Crippen molar-refractivity contribution in [2.24, 2.45) is 0 Å². The summed E-state index contributed by atoms with van der Waals surface area (Å²) in [6.45, 7) is 3.98. The molecule has 13 nitrogen and oxygen atoms in total. The lowest BCUT2D eigenvalue weighted by Crippen LogP contribution is -2.67. The van der Waals surface area contributed by atoms with Crippen molar-refractivity contribution in [1.82, 2.24) is 30.2 Å². The van der Waals surface area contributed by atoms with Gasteiger partial charge in [-0.3, -0.25) is 19.8 Å². The van der Waals surface area contributed by atoms with Crippen LogP contribution < -0.4 is 20.9 Å². The van der Waals surface area contributed by atoms with E-state index in [0.29, 0.717) is 67.0 Å². The van der Waals surface area contributed by atoms with Crippen LogP contribution in [0.15, 0.2) is 60.9 Å². The van der Waals surface area contributed by atoms with Gasteiger partial charge >= 0.3 is 0 Å². The number of fused-ring (bicyclic) bond motifs is 3. The third kappa shape index (κ3) is 5.78. The van der Waals surface area contributed by atoms with Crippen LogP contribution in [0.1, 0.15) is 55.6 Å². The molecule has 9 rings (SSSR count). The van der Waals surface area contributed by atoms with Crippen LogP contribution in [0.2, 0.25) is 0 Å². The number of carbonyl (C=O) groups excluding carboxylic acids is 2. The van der Waals surface area contributed by atoms with Crippen LogP contribution in [0.5, 0.6) is 5.75 Å². The smallest absolute Gasteiger partial charge is 0.249 e. The molecule has 6 heterocycles. The number of imide groups is 1. The Hall–Kier alpha value is -5.01. The van der Waals surface area contributed by atoms with Crippen LogP contribution in [-0.2, 0) is 20.7 Å². The average molecular weight is 690 g/mol. The lowest BCUT2D eigenvalue weighted by molar-refractivity contribution is -0.134. The lowest BCUT2D eigenvalue weighted by Gasteiger charge is -2.54. The number of morpholine rings is 1. The number of carbonyl (C=O) groups is 2. The van der Waals surface area contributed by atoms with E-state index in [1.54, 1.807) is 22.9 Å². The number of rotatable bonds is 6. The summed E-state index contributed by atoms with van der Waals surface area (Å²) in [5.41, 5.74) is 13.0. The number of aromatic nitrogens is 4. The number of anilines is 3. The number of benzene rings is 2. The van der Waals surface area contributed by atoms with Gasteiger partial charge in [0.2, 0.25) is 11.8 Å². The van der Waals surface area contributed by atoms with Gasteiger partial charge in [-0.15, -0.1) is 10.2 Å². The second kappa shape index (κ2) is 13.0. The van der Waals surface area contributed by atoms with Crippen LogP contribution in [0.4, 0.5) is 17.2 Å². The number of para-hydroxylation sites is 1. The molecule has 2 aromatic heterocycles. The number of phenols is 1. The number of hydrogen-bond acceptors (Lipinski definition) is 11. The van der Waals surface area contributed by atoms with Gasteiger partial charge in [0.15, 0.2) is 5.82 Å². The molecule has 2 amide bonds. The Labute approximate surface area is 296 Å². The fourth-order valence-corrected chi connectivity index (χ4v) is 9.36. The number of aromatic hydroxyl groups is 1. The van der Waals surface area contributed by atoms with Crippen molar-refractivity contribution < 1.29 is 19.4 Å². The average Bonchev–Trinajstić information content (AvgIpc) is 3.80. The van der Waals surface area contributed by atoms with Gasteiger partial charge in [-0.2, -0.15) is 5.10 Å². The first-order valence-corrected chi connectivity index (χ1v) is 18.2. The predicted octanol–water partition coefficient (Wildman–Crippen LogP) is 3.40. The summed E-state index contributed by atoms with van der Waals surface area (Å²) in [4.78, 5) is 31.9. The van der Waals surface area contributed by atoms with Crippen LogP contribution in [-0.4, -0.2) is 98.8 Å². The van der Waals surface area contributed by atoms with Crippen molar-refractivity contribution in [3.05, 3.63) is 72.1 Å². The molecule has 3 atom stereocenters. The standard InChI is InChI=1S/C38H43N9O4/c39-37-34(16-31(42-43-37)30-4-1-2-7-35(30)48)46-20-25(17-40-46)44-18-26-21-51-22-27(19-44)47(26)24-10-8-23(9-11-24)28-5-3-6-32-29(28)14-15-45(32)33-12-13-36(49)41-38(33)50/h1-7,16-17,20,23-24,26-27,33,48H,8-15,18-19,21-22H2,(H2,39,43)(H,41,49,50)/t23-,24-,26-,27-,33?/m1/s1. The molecule has 0 spiro atoms. The molecular weight excluding hydrogens is 646 g/mol. The highest BCUT2D eigenvalue weighted by atomic mass is 16.5. The van der Waals surface area contributed by atoms with Gasteiger partial charge in [0.25, 0.3) is 0 Å². The van der Waals surface area contributed by atoms with E-state index in [1.165, 1.54) is 16.8 Å². The molecule has 5 aliphatic rings. The molecule has 0 radical (unpaired) electrons. The van der Waals surface area contributed by atoms with E-state index >= 15 is 0 Å². The molecule has 13 heteroatoms. The minimum atomic E-state index is -0.266.